The van der Waals surface area contributed by atoms with Crippen molar-refractivity contribution in [3.8, 4) is 0 Å². The molecule has 18 heavy (non-hydrogen) atoms. The maximum Gasteiger partial charge on any atom is 0.222 e. The topological polar surface area (TPSA) is 49.6 Å². The number of nitrogens with zero attached hydrogens (tertiary/aromatic N) is 2. The zero-order chi connectivity index (χ0) is 13.8. The van der Waals surface area contributed by atoms with Gasteiger partial charge in [-0.15, -0.1) is 0 Å². The van der Waals surface area contributed by atoms with Crippen LogP contribution in [0.1, 0.15) is 33.1 Å². The predicted octanol–water partition coefficient (Wildman–Crippen LogP) is 1.16. The highest BCUT2D eigenvalue weighted by molar-refractivity contribution is 5.75. The van der Waals surface area contributed by atoms with Crippen molar-refractivity contribution in [2.45, 2.75) is 33.1 Å². The number of amides is 1. The molecule has 1 amide bonds. The van der Waals surface area contributed by atoms with E-state index in [9.17, 15) is 4.79 Å². The van der Waals surface area contributed by atoms with Crippen LogP contribution in [-0.4, -0.2) is 56.0 Å². The first-order chi connectivity index (χ1) is 8.34. The first kappa shape index (κ1) is 15.4. The van der Waals surface area contributed by atoms with Crippen LogP contribution in [0.3, 0.4) is 0 Å². The highest BCUT2D eigenvalue weighted by atomic mass is 16.2. The summed E-state index contributed by atoms with van der Waals surface area (Å²) in [6, 6.07) is 0. The summed E-state index contributed by atoms with van der Waals surface area (Å²) in [5.41, 5.74) is 5.71. The van der Waals surface area contributed by atoms with Crippen LogP contribution in [0.15, 0.2) is 0 Å². The molecular formula is C14H29N3O. The van der Waals surface area contributed by atoms with Gasteiger partial charge in [-0.3, -0.25) is 4.79 Å². The van der Waals surface area contributed by atoms with E-state index in [-0.39, 0.29) is 11.3 Å². The van der Waals surface area contributed by atoms with Crippen molar-refractivity contribution >= 4 is 5.91 Å². The van der Waals surface area contributed by atoms with Crippen molar-refractivity contribution in [2.24, 2.45) is 17.1 Å². The Morgan fingerprint density at radius 2 is 2.17 bits per heavy atom. The van der Waals surface area contributed by atoms with Crippen LogP contribution in [0.5, 0.6) is 0 Å². The molecule has 1 atom stereocenters. The molecular weight excluding hydrogens is 226 g/mol. The van der Waals surface area contributed by atoms with E-state index in [1.54, 1.807) is 0 Å². The fraction of sp³-hybridized carbons (Fsp3) is 0.929. The summed E-state index contributed by atoms with van der Waals surface area (Å²) in [6.45, 7) is 7.87. The van der Waals surface area contributed by atoms with Crippen LogP contribution in [0.4, 0.5) is 0 Å². The van der Waals surface area contributed by atoms with Crippen LogP contribution < -0.4 is 5.73 Å². The fourth-order valence-electron chi connectivity index (χ4n) is 2.58. The molecule has 1 aliphatic rings. The van der Waals surface area contributed by atoms with Gasteiger partial charge >= 0.3 is 0 Å². The molecule has 0 aliphatic carbocycles. The maximum absolute atomic E-state index is 12.0. The van der Waals surface area contributed by atoms with E-state index >= 15 is 0 Å². The quantitative estimate of drug-likeness (QED) is 0.775. The lowest BCUT2D eigenvalue weighted by molar-refractivity contribution is -0.131. The summed E-state index contributed by atoms with van der Waals surface area (Å²) in [6.07, 6.45) is 2.94. The molecule has 1 saturated heterocycles. The third-order valence-electron chi connectivity index (χ3n) is 3.90. The molecule has 0 aromatic rings. The molecule has 1 heterocycles. The minimum atomic E-state index is 0.0119. The lowest BCUT2D eigenvalue weighted by Gasteiger charge is -2.29. The SMILES string of the molecule is CN1CCC(CCC(=O)N(C)CC(C)(C)CN)C1. The van der Waals surface area contributed by atoms with Crippen molar-refractivity contribution in [3.05, 3.63) is 0 Å². The van der Waals surface area contributed by atoms with Gasteiger partial charge in [-0.25, -0.2) is 0 Å². The molecule has 0 spiro atoms. The molecule has 106 valence electrons. The number of hydrogen-bond acceptors (Lipinski definition) is 3. The second kappa shape index (κ2) is 6.53. The Kier molecular flexibility index (Phi) is 5.60. The van der Waals surface area contributed by atoms with E-state index in [4.69, 9.17) is 5.73 Å². The van der Waals surface area contributed by atoms with Gasteiger partial charge in [0.25, 0.3) is 0 Å². The van der Waals surface area contributed by atoms with E-state index in [0.29, 0.717) is 18.9 Å². The molecule has 0 saturated carbocycles. The highest BCUT2D eigenvalue weighted by Gasteiger charge is 2.23. The van der Waals surface area contributed by atoms with Crippen molar-refractivity contribution in [2.75, 3.05) is 40.3 Å². The zero-order valence-corrected chi connectivity index (χ0v) is 12.4. The molecule has 1 fully saturated rings. The van der Waals surface area contributed by atoms with Crippen LogP contribution >= 0.6 is 0 Å². The van der Waals surface area contributed by atoms with Crippen LogP contribution in [0, 0.1) is 11.3 Å². The predicted molar refractivity (Wildman–Crippen MR) is 75.3 cm³/mol. The Morgan fingerprint density at radius 1 is 1.50 bits per heavy atom. The van der Waals surface area contributed by atoms with E-state index < -0.39 is 0 Å². The molecule has 0 aromatic carbocycles. The number of rotatable bonds is 6. The minimum absolute atomic E-state index is 0.0119. The fourth-order valence-corrected chi connectivity index (χ4v) is 2.58. The smallest absolute Gasteiger partial charge is 0.222 e. The average Bonchev–Trinajstić information content (AvgIpc) is 2.71. The molecule has 4 heteroatoms. The molecule has 4 nitrogen and oxygen atoms in total. The lowest BCUT2D eigenvalue weighted by atomic mass is 9.93. The van der Waals surface area contributed by atoms with Crippen molar-refractivity contribution in [1.82, 2.24) is 9.80 Å². The number of hydrogen-bond donors (Lipinski definition) is 1. The second-order valence-corrected chi connectivity index (χ2v) is 6.57. The van der Waals surface area contributed by atoms with Crippen LogP contribution in [-0.2, 0) is 4.79 Å². The first-order valence-corrected chi connectivity index (χ1v) is 6.96. The van der Waals surface area contributed by atoms with Gasteiger partial charge in [-0.05, 0) is 44.3 Å². The van der Waals surface area contributed by atoms with Gasteiger partial charge in [0.2, 0.25) is 5.91 Å². The Labute approximate surface area is 111 Å². The van der Waals surface area contributed by atoms with Gasteiger partial charge in [0, 0.05) is 26.6 Å². The minimum Gasteiger partial charge on any atom is -0.345 e. The highest BCUT2D eigenvalue weighted by Crippen LogP contribution is 2.20. The van der Waals surface area contributed by atoms with Gasteiger partial charge in [-0.2, -0.15) is 0 Å². The Bertz CT molecular complexity index is 278. The van der Waals surface area contributed by atoms with Crippen molar-refractivity contribution < 1.29 is 4.79 Å². The van der Waals surface area contributed by atoms with Crippen molar-refractivity contribution in [1.29, 1.82) is 0 Å². The number of carbonyl (C=O) groups is 1. The van der Waals surface area contributed by atoms with Gasteiger partial charge in [0.1, 0.15) is 0 Å². The van der Waals surface area contributed by atoms with Gasteiger partial charge in [-0.1, -0.05) is 13.8 Å². The monoisotopic (exact) mass is 255 g/mol. The molecule has 2 N–H and O–H groups in total. The van der Waals surface area contributed by atoms with Gasteiger partial charge < -0.3 is 15.5 Å². The van der Waals surface area contributed by atoms with Crippen LogP contribution in [0.2, 0.25) is 0 Å². The third-order valence-corrected chi connectivity index (χ3v) is 3.90. The van der Waals surface area contributed by atoms with Gasteiger partial charge in [0.05, 0.1) is 0 Å². The third kappa shape index (κ3) is 4.94. The summed E-state index contributed by atoms with van der Waals surface area (Å²) in [5.74, 6) is 0.959. The Balaban J connectivity index is 2.27. The summed E-state index contributed by atoms with van der Waals surface area (Å²) < 4.78 is 0. The van der Waals surface area contributed by atoms with Crippen molar-refractivity contribution in [3.63, 3.8) is 0 Å². The number of nitrogens with two attached hydrogens (primary N) is 1. The number of carbonyl (C=O) groups excluding carboxylic acids is 1. The second-order valence-electron chi connectivity index (χ2n) is 6.57. The standard InChI is InChI=1S/C14H29N3O/c1-14(2,10-15)11-17(4)13(18)6-5-12-7-8-16(3)9-12/h12H,5-11,15H2,1-4H3. The molecule has 1 aliphatic heterocycles. The lowest BCUT2D eigenvalue weighted by Crippen LogP contribution is -2.39. The Morgan fingerprint density at radius 3 is 2.67 bits per heavy atom. The van der Waals surface area contributed by atoms with E-state index in [1.165, 1.54) is 13.0 Å². The molecule has 0 radical (unpaired) electrons. The summed E-state index contributed by atoms with van der Waals surface area (Å²) in [4.78, 5) is 16.2. The van der Waals surface area contributed by atoms with E-state index in [2.05, 4.69) is 25.8 Å². The van der Waals surface area contributed by atoms with Crippen LogP contribution in [0.25, 0.3) is 0 Å². The summed E-state index contributed by atoms with van der Waals surface area (Å²) in [7, 11) is 4.04. The molecule has 1 unspecified atom stereocenters. The van der Waals surface area contributed by atoms with E-state index in [1.807, 2.05) is 11.9 Å². The zero-order valence-electron chi connectivity index (χ0n) is 12.4. The molecule has 0 bridgehead atoms. The maximum atomic E-state index is 12.0. The summed E-state index contributed by atoms with van der Waals surface area (Å²) in [5, 5.41) is 0. The molecule has 0 aromatic heterocycles. The van der Waals surface area contributed by atoms with Gasteiger partial charge in [0.15, 0.2) is 0 Å². The van der Waals surface area contributed by atoms with E-state index in [0.717, 1.165) is 19.5 Å². The normalized spacial score (nSPS) is 21.3. The largest absolute Gasteiger partial charge is 0.345 e. The Hall–Kier alpha value is -0.610. The summed E-state index contributed by atoms with van der Waals surface area (Å²) >= 11 is 0. The average molecular weight is 255 g/mol. The number of likely N-dealkylation sites (tertiary alicyclic amines) is 1. The molecule has 1 rings (SSSR count). The first-order valence-electron chi connectivity index (χ1n) is 6.96.